The minimum absolute atomic E-state index is 0.000987. The molecule has 0 aliphatic rings. The van der Waals surface area contributed by atoms with Gasteiger partial charge in [-0.15, -0.1) is 0 Å². The number of alkyl halides is 6. The Bertz CT molecular complexity index is 3340. The van der Waals surface area contributed by atoms with Gasteiger partial charge < -0.3 is 4.57 Å². The Balaban J connectivity index is 1.38. The van der Waals surface area contributed by atoms with Crippen LogP contribution in [0.25, 0.3) is 94.8 Å². The number of hydrogen-bond acceptors (Lipinski definition) is 3. The van der Waals surface area contributed by atoms with Crippen molar-refractivity contribution >= 4 is 21.8 Å². The third-order valence-corrected chi connectivity index (χ3v) is 11.5. The maximum absolute atomic E-state index is 15.3. The monoisotopic (exact) mass is 862 g/mol. The zero-order valence-corrected chi connectivity index (χ0v) is 34.0. The zero-order valence-electron chi connectivity index (χ0n) is 34.0. The first-order valence-electron chi connectivity index (χ1n) is 20.5. The molecule has 0 fully saturated rings. The van der Waals surface area contributed by atoms with Crippen LogP contribution in [0.15, 0.2) is 194 Å². The summed E-state index contributed by atoms with van der Waals surface area (Å²) in [5, 5.41) is 11.3. The van der Waals surface area contributed by atoms with Crippen LogP contribution >= 0.6 is 0 Å². The lowest BCUT2D eigenvalue weighted by molar-refractivity contribution is -0.137. The van der Waals surface area contributed by atoms with Crippen molar-refractivity contribution < 1.29 is 26.3 Å². The summed E-state index contributed by atoms with van der Waals surface area (Å²) in [6, 6.07) is 55.8. The summed E-state index contributed by atoms with van der Waals surface area (Å²) in [5.41, 5.74) is 3.16. The van der Waals surface area contributed by atoms with Crippen molar-refractivity contribution in [2.45, 2.75) is 12.4 Å². The smallest absolute Gasteiger partial charge is 0.308 e. The highest BCUT2D eigenvalue weighted by Crippen LogP contribution is 2.49. The van der Waals surface area contributed by atoms with Gasteiger partial charge in [-0.05, 0) is 76.9 Å². The van der Waals surface area contributed by atoms with Gasteiger partial charge in [-0.2, -0.15) is 31.6 Å². The summed E-state index contributed by atoms with van der Waals surface area (Å²) in [6.45, 7) is 0. The molecule has 8 aromatic carbocycles. The Morgan fingerprint density at radius 1 is 0.400 bits per heavy atom. The van der Waals surface area contributed by atoms with E-state index >= 15 is 26.3 Å². The second-order valence-electron chi connectivity index (χ2n) is 15.4. The van der Waals surface area contributed by atoms with Crippen LogP contribution in [-0.2, 0) is 12.4 Å². The number of benzene rings is 8. The van der Waals surface area contributed by atoms with Gasteiger partial charge in [0.25, 0.3) is 0 Å². The molecule has 10 heteroatoms. The number of aromatic nitrogens is 3. The van der Waals surface area contributed by atoms with Crippen molar-refractivity contribution in [1.29, 1.82) is 5.26 Å². The van der Waals surface area contributed by atoms with Gasteiger partial charge in [-0.25, -0.2) is 9.97 Å². The predicted octanol–water partition coefficient (Wildman–Crippen LogP) is 15.5. The normalized spacial score (nSPS) is 11.8. The van der Waals surface area contributed by atoms with Crippen LogP contribution < -0.4 is 0 Å². The fourth-order valence-corrected chi connectivity index (χ4v) is 8.65. The lowest BCUT2D eigenvalue weighted by atomic mass is 9.88. The SMILES string of the molecule is N#Cc1ccccc1-c1ccc2c(c1)c1ccccc1n2-c1c(-c2ccccc2C(F)(F)F)cc(-c2nc(-c3ccccc3)cc(-c3ccccc3)n2)cc1-c1ccccc1C(F)(F)F. The minimum Gasteiger partial charge on any atom is -0.308 e. The lowest BCUT2D eigenvalue weighted by Gasteiger charge is -2.24. The van der Waals surface area contributed by atoms with Crippen LogP contribution in [0.3, 0.4) is 0 Å². The molecule has 0 aliphatic heterocycles. The summed E-state index contributed by atoms with van der Waals surface area (Å²) in [4.78, 5) is 9.94. The van der Waals surface area contributed by atoms with E-state index in [9.17, 15) is 5.26 Å². The number of hydrogen-bond donors (Lipinski definition) is 0. The van der Waals surface area contributed by atoms with Crippen molar-refractivity contribution in [3.63, 3.8) is 0 Å². The molecule has 0 aliphatic carbocycles. The number of fused-ring (bicyclic) bond motifs is 3. The molecule has 65 heavy (non-hydrogen) atoms. The molecule has 4 nitrogen and oxygen atoms in total. The molecule has 10 aromatic rings. The van der Waals surface area contributed by atoms with Crippen molar-refractivity contribution in [3.8, 4) is 79.0 Å². The molecule has 0 saturated carbocycles. The maximum Gasteiger partial charge on any atom is 0.417 e. The third kappa shape index (κ3) is 7.47. The Labute approximate surface area is 369 Å². The zero-order chi connectivity index (χ0) is 44.9. The highest BCUT2D eigenvalue weighted by Gasteiger charge is 2.37. The molecule has 0 spiro atoms. The molecule has 0 amide bonds. The molecule has 10 rings (SSSR count). The average Bonchev–Trinajstić information content (AvgIpc) is 3.66. The summed E-state index contributed by atoms with van der Waals surface area (Å²) in [5.74, 6) is 0.0938. The van der Waals surface area contributed by atoms with E-state index in [1.165, 1.54) is 36.4 Å². The average molecular weight is 863 g/mol. The standard InChI is InChI=1S/C55H32F6N4/c56-54(57,58)46-24-12-9-21-40(46)44-30-38(53-63-48(34-15-3-1-4-16-34)32-49(64-53)35-17-5-2-6-18-35)31-45(41-22-10-13-25-47(41)55(59,60)61)52(44)65-50-26-14-11-23-42(50)43-29-36(27-28-51(43)65)39-20-8-7-19-37(39)33-62/h1-32H. The van der Waals surface area contributed by atoms with E-state index < -0.39 is 23.5 Å². The van der Waals surface area contributed by atoms with E-state index in [1.54, 1.807) is 47.0 Å². The van der Waals surface area contributed by atoms with Crippen LogP contribution in [0.2, 0.25) is 0 Å². The second-order valence-corrected chi connectivity index (χ2v) is 15.4. The fourth-order valence-electron chi connectivity index (χ4n) is 8.65. The summed E-state index contributed by atoms with van der Waals surface area (Å²) < 4.78 is 93.7. The van der Waals surface area contributed by atoms with E-state index in [0.29, 0.717) is 49.9 Å². The van der Waals surface area contributed by atoms with Crippen LogP contribution in [0, 0.1) is 11.3 Å². The van der Waals surface area contributed by atoms with Gasteiger partial charge in [0.05, 0.1) is 50.9 Å². The highest BCUT2D eigenvalue weighted by atomic mass is 19.4. The van der Waals surface area contributed by atoms with Crippen LogP contribution in [0.5, 0.6) is 0 Å². The molecule has 0 radical (unpaired) electrons. The van der Waals surface area contributed by atoms with E-state index in [2.05, 4.69) is 6.07 Å². The molecule has 0 bridgehead atoms. The Hall–Kier alpha value is -8.29. The van der Waals surface area contributed by atoms with Crippen molar-refractivity contribution in [3.05, 3.63) is 211 Å². The minimum atomic E-state index is -4.86. The van der Waals surface area contributed by atoms with E-state index in [4.69, 9.17) is 9.97 Å². The van der Waals surface area contributed by atoms with Crippen LogP contribution in [0.1, 0.15) is 16.7 Å². The van der Waals surface area contributed by atoms with Gasteiger partial charge in [0, 0.05) is 38.6 Å². The number of nitriles is 1. The third-order valence-electron chi connectivity index (χ3n) is 11.5. The lowest BCUT2D eigenvalue weighted by Crippen LogP contribution is -2.11. The van der Waals surface area contributed by atoms with Gasteiger partial charge in [0.15, 0.2) is 5.82 Å². The van der Waals surface area contributed by atoms with Gasteiger partial charge in [0.1, 0.15) is 0 Å². The second kappa shape index (κ2) is 16.1. The molecule has 2 heterocycles. The predicted molar refractivity (Wildman–Crippen MR) is 244 cm³/mol. The fraction of sp³-hybridized carbons (Fsp3) is 0.0364. The Morgan fingerprint density at radius 2 is 0.877 bits per heavy atom. The summed E-state index contributed by atoms with van der Waals surface area (Å²) in [7, 11) is 0. The van der Waals surface area contributed by atoms with Crippen molar-refractivity contribution in [2.24, 2.45) is 0 Å². The molecule has 0 unspecified atom stereocenters. The Morgan fingerprint density at radius 3 is 1.43 bits per heavy atom. The van der Waals surface area contributed by atoms with Crippen molar-refractivity contribution in [1.82, 2.24) is 14.5 Å². The Kier molecular flexibility index (Phi) is 10.1. The quantitative estimate of drug-likeness (QED) is 0.150. The molecule has 2 aromatic heterocycles. The number of halogens is 6. The first-order valence-corrected chi connectivity index (χ1v) is 20.5. The number of nitrogens with zero attached hydrogens (tertiary/aromatic N) is 4. The largest absolute Gasteiger partial charge is 0.417 e. The van der Waals surface area contributed by atoms with Gasteiger partial charge in [-0.3, -0.25) is 0 Å². The van der Waals surface area contributed by atoms with Gasteiger partial charge in [0.2, 0.25) is 0 Å². The topological polar surface area (TPSA) is 54.5 Å². The van der Waals surface area contributed by atoms with Crippen LogP contribution in [-0.4, -0.2) is 14.5 Å². The van der Waals surface area contributed by atoms with Crippen LogP contribution in [0.4, 0.5) is 26.3 Å². The summed E-state index contributed by atoms with van der Waals surface area (Å²) in [6.07, 6.45) is -9.72. The molecule has 314 valence electrons. The van der Waals surface area contributed by atoms with E-state index in [-0.39, 0.29) is 39.3 Å². The van der Waals surface area contributed by atoms with Gasteiger partial charge >= 0.3 is 12.4 Å². The molecule has 0 saturated heterocycles. The van der Waals surface area contributed by atoms with E-state index in [0.717, 1.165) is 23.3 Å². The highest BCUT2D eigenvalue weighted by molar-refractivity contribution is 6.12. The van der Waals surface area contributed by atoms with Crippen molar-refractivity contribution in [2.75, 3.05) is 0 Å². The first kappa shape index (κ1) is 40.8. The summed E-state index contributed by atoms with van der Waals surface area (Å²) >= 11 is 0. The molecular formula is C55H32F6N4. The first-order chi connectivity index (χ1) is 31.5. The van der Waals surface area contributed by atoms with E-state index in [1.807, 2.05) is 103 Å². The molecular weight excluding hydrogens is 831 g/mol. The number of para-hydroxylation sites is 1. The molecule has 0 N–H and O–H groups in total. The number of rotatable bonds is 7. The molecule has 0 atom stereocenters. The maximum atomic E-state index is 15.3. The van der Waals surface area contributed by atoms with Gasteiger partial charge in [-0.1, -0.05) is 140 Å².